The summed E-state index contributed by atoms with van der Waals surface area (Å²) in [5.41, 5.74) is 1.37. The number of hydrogen-bond acceptors (Lipinski definition) is 8. The van der Waals surface area contributed by atoms with E-state index < -0.39 is 17.3 Å². The average Bonchev–Trinajstić information content (AvgIpc) is 3.00. The van der Waals surface area contributed by atoms with Crippen molar-refractivity contribution >= 4 is 11.9 Å². The maximum Gasteiger partial charge on any atom is 0.306 e. The van der Waals surface area contributed by atoms with Crippen molar-refractivity contribution < 1.29 is 38.4 Å². The van der Waals surface area contributed by atoms with Gasteiger partial charge in [-0.15, -0.1) is 0 Å². The first-order valence-corrected chi connectivity index (χ1v) is 18.5. The fourth-order valence-electron chi connectivity index (χ4n) is 7.64. The number of rotatable bonds is 8. The molecule has 3 fully saturated rings. The largest absolute Gasteiger partial charge is 0.462 e. The molecule has 8 atom stereocenters. The minimum atomic E-state index is -1.79. The van der Waals surface area contributed by atoms with Crippen molar-refractivity contribution in [2.45, 2.75) is 192 Å². The minimum Gasteiger partial charge on any atom is -0.462 e. The summed E-state index contributed by atoms with van der Waals surface area (Å²) in [5, 5.41) is 12.4. The zero-order valence-corrected chi connectivity index (χ0v) is 29.6. The Morgan fingerprint density at radius 3 is 2.36 bits per heavy atom. The zero-order chi connectivity index (χ0) is 34.0. The second-order valence-electron chi connectivity index (χ2n) is 15.1. The quantitative estimate of drug-likeness (QED) is 0.158. The number of fused-ring (bicyclic) bond motifs is 6. The van der Waals surface area contributed by atoms with Crippen LogP contribution in [0.5, 0.6) is 0 Å². The Kier molecular flexibility index (Phi) is 14.2. The van der Waals surface area contributed by atoms with Crippen LogP contribution in [0.1, 0.15) is 143 Å². The van der Waals surface area contributed by atoms with Gasteiger partial charge in [0, 0.05) is 31.1 Å². The zero-order valence-electron chi connectivity index (χ0n) is 29.6. The number of ether oxygens (including phenoxy) is 5. The number of carbonyl (C=O) groups is 2. The Bertz CT molecular complexity index is 1100. The van der Waals surface area contributed by atoms with Gasteiger partial charge in [-0.1, -0.05) is 89.8 Å². The molecule has 4 rings (SSSR count). The number of unbranched alkanes of at least 4 members (excludes halogenated alkanes) is 4. The molecule has 0 aromatic carbocycles. The second-order valence-corrected chi connectivity index (χ2v) is 15.1. The van der Waals surface area contributed by atoms with Gasteiger partial charge >= 0.3 is 11.9 Å². The van der Waals surface area contributed by atoms with Gasteiger partial charge in [-0.2, -0.15) is 0 Å². The molecule has 8 nitrogen and oxygen atoms in total. The van der Waals surface area contributed by atoms with Crippen LogP contribution in [-0.4, -0.2) is 65.6 Å². The Morgan fingerprint density at radius 1 is 0.915 bits per heavy atom. The van der Waals surface area contributed by atoms with Gasteiger partial charge in [-0.3, -0.25) is 9.59 Å². The first kappa shape index (κ1) is 37.8. The average molecular weight is 659 g/mol. The van der Waals surface area contributed by atoms with Crippen molar-refractivity contribution in [3.63, 3.8) is 0 Å². The lowest BCUT2D eigenvalue weighted by Gasteiger charge is -2.50. The van der Waals surface area contributed by atoms with E-state index in [-0.39, 0.29) is 48.6 Å². The third-order valence-electron chi connectivity index (χ3n) is 10.4. The summed E-state index contributed by atoms with van der Waals surface area (Å²) in [7, 11) is 0. The van der Waals surface area contributed by atoms with Gasteiger partial charge in [0.2, 0.25) is 5.79 Å². The summed E-state index contributed by atoms with van der Waals surface area (Å²) in [4.78, 5) is 25.9. The van der Waals surface area contributed by atoms with Crippen LogP contribution in [0.4, 0.5) is 0 Å². The van der Waals surface area contributed by atoms with Crippen molar-refractivity contribution in [2.75, 3.05) is 0 Å². The van der Waals surface area contributed by atoms with Gasteiger partial charge in [0.05, 0.1) is 30.5 Å². The summed E-state index contributed by atoms with van der Waals surface area (Å²) in [6.45, 7) is 16.6. The monoisotopic (exact) mass is 658 g/mol. The predicted octanol–water partition coefficient (Wildman–Crippen LogP) is 8.20. The van der Waals surface area contributed by atoms with Gasteiger partial charge in [0.1, 0.15) is 6.10 Å². The first-order valence-electron chi connectivity index (χ1n) is 18.5. The molecule has 8 heteroatoms. The highest BCUT2D eigenvalue weighted by molar-refractivity contribution is 5.70. The Balaban J connectivity index is 1.56. The van der Waals surface area contributed by atoms with E-state index in [4.69, 9.17) is 23.7 Å². The van der Waals surface area contributed by atoms with E-state index in [1.54, 1.807) is 0 Å². The summed E-state index contributed by atoms with van der Waals surface area (Å²) >= 11 is 0. The molecule has 0 saturated carbocycles. The summed E-state index contributed by atoms with van der Waals surface area (Å²) in [6, 6.07) is 0. The van der Waals surface area contributed by atoms with E-state index in [2.05, 4.69) is 20.1 Å². The van der Waals surface area contributed by atoms with Crippen LogP contribution in [-0.2, 0) is 33.3 Å². The molecule has 1 N–H and O–H groups in total. The molecule has 47 heavy (non-hydrogen) atoms. The summed E-state index contributed by atoms with van der Waals surface area (Å²) < 4.78 is 31.5. The Morgan fingerprint density at radius 2 is 1.62 bits per heavy atom. The Labute approximate surface area is 283 Å². The van der Waals surface area contributed by atoms with Crippen LogP contribution >= 0.6 is 0 Å². The van der Waals surface area contributed by atoms with Crippen LogP contribution in [0.15, 0.2) is 36.5 Å². The fourth-order valence-corrected chi connectivity index (χ4v) is 7.64. The highest BCUT2D eigenvalue weighted by Crippen LogP contribution is 2.45. The van der Waals surface area contributed by atoms with Crippen LogP contribution in [0.3, 0.4) is 0 Å². The van der Waals surface area contributed by atoms with Gasteiger partial charge in [0.15, 0.2) is 6.10 Å². The molecule has 4 aliphatic rings. The van der Waals surface area contributed by atoms with Crippen molar-refractivity contribution in [2.24, 2.45) is 5.41 Å². The van der Waals surface area contributed by atoms with Gasteiger partial charge in [-0.05, 0) is 64.2 Å². The highest BCUT2D eigenvalue weighted by atomic mass is 16.7. The molecule has 8 unspecified atom stereocenters. The molecule has 3 saturated heterocycles. The normalized spacial score (nSPS) is 36.2. The topological polar surface area (TPSA) is 101 Å². The van der Waals surface area contributed by atoms with Gasteiger partial charge in [-0.25, -0.2) is 0 Å². The van der Waals surface area contributed by atoms with Crippen LogP contribution < -0.4 is 0 Å². The fraction of sp³-hybridized carbons (Fsp3) is 0.795. The molecule has 6 bridgehead atoms. The third kappa shape index (κ3) is 11.0. The van der Waals surface area contributed by atoms with E-state index in [0.717, 1.165) is 69.8 Å². The summed E-state index contributed by atoms with van der Waals surface area (Å²) in [5.74, 6) is -2.32. The molecule has 0 amide bonds. The third-order valence-corrected chi connectivity index (χ3v) is 10.4. The van der Waals surface area contributed by atoms with Crippen molar-refractivity contribution in [3.05, 3.63) is 36.5 Å². The highest BCUT2D eigenvalue weighted by Gasteiger charge is 2.55. The van der Waals surface area contributed by atoms with E-state index in [1.807, 2.05) is 32.9 Å². The SMILES string of the molecule is C=C1CC2/C=C/C(C)(C)C3(O)OC(CCC3OC(=O)CCCCCCC)CC(CC)OC(=O)CCCC3CC(=C)CC(CC(C1)O2)O3. The van der Waals surface area contributed by atoms with Crippen molar-refractivity contribution in [1.82, 2.24) is 0 Å². The minimum absolute atomic E-state index is 0.00983. The first-order chi connectivity index (χ1) is 22.4. The molecule has 266 valence electrons. The van der Waals surface area contributed by atoms with Crippen LogP contribution in [0, 0.1) is 5.41 Å². The van der Waals surface area contributed by atoms with Crippen LogP contribution in [0.25, 0.3) is 0 Å². The molecule has 0 spiro atoms. The maximum absolute atomic E-state index is 13.0. The molecular weight excluding hydrogens is 596 g/mol. The van der Waals surface area contributed by atoms with E-state index in [0.29, 0.717) is 51.4 Å². The predicted molar refractivity (Wildman–Crippen MR) is 183 cm³/mol. The Hall–Kier alpha value is -2.00. The standard InChI is InChI=1S/C39H62O8/c1-7-9-10-11-12-15-37(41)46-35-18-17-32-25-29(8-2)45-36(40)16-13-14-30-21-27(3)23-33(43-30)26-34-24-28(4)22-31(44-34)19-20-38(5,6)39(35,42)47-32/h19-20,29-35,42H,3-4,7-18,21-26H2,1-2,5-6H3/b20-19+. The van der Waals surface area contributed by atoms with Gasteiger partial charge in [0.25, 0.3) is 0 Å². The molecule has 4 aliphatic heterocycles. The lowest BCUT2D eigenvalue weighted by Crippen LogP contribution is -2.61. The molecular formula is C39H62O8. The van der Waals surface area contributed by atoms with Gasteiger partial charge < -0.3 is 28.8 Å². The molecule has 4 heterocycles. The van der Waals surface area contributed by atoms with Crippen LogP contribution in [0.2, 0.25) is 0 Å². The number of esters is 2. The lowest BCUT2D eigenvalue weighted by atomic mass is 9.75. The molecule has 0 radical (unpaired) electrons. The molecule has 0 aromatic heterocycles. The van der Waals surface area contributed by atoms with Crippen molar-refractivity contribution in [1.29, 1.82) is 0 Å². The molecule has 0 aliphatic carbocycles. The van der Waals surface area contributed by atoms with Crippen molar-refractivity contribution in [3.8, 4) is 0 Å². The second kappa shape index (κ2) is 17.6. The smallest absolute Gasteiger partial charge is 0.306 e. The maximum atomic E-state index is 13.0. The number of hydrogen-bond donors (Lipinski definition) is 1. The summed E-state index contributed by atoms with van der Waals surface area (Å²) in [6.07, 6.45) is 15.5. The van der Waals surface area contributed by atoms with E-state index in [1.165, 1.54) is 5.57 Å². The molecule has 0 aromatic rings. The number of carbonyl (C=O) groups excluding carboxylic acids is 2. The number of aliphatic hydroxyl groups is 1. The number of cyclic esters (lactones) is 1. The van der Waals surface area contributed by atoms with E-state index >= 15 is 0 Å². The lowest BCUT2D eigenvalue weighted by molar-refractivity contribution is -0.340. The van der Waals surface area contributed by atoms with E-state index in [9.17, 15) is 14.7 Å².